The number of carbonyl (C=O) groups excluding carboxylic acids is 1. The van der Waals surface area contributed by atoms with Crippen molar-refractivity contribution in [1.29, 1.82) is 0 Å². The van der Waals surface area contributed by atoms with E-state index in [4.69, 9.17) is 0 Å². The van der Waals surface area contributed by atoms with Crippen LogP contribution < -0.4 is 5.32 Å². The maximum absolute atomic E-state index is 12.0. The van der Waals surface area contributed by atoms with E-state index in [9.17, 15) is 4.79 Å². The molecule has 0 aromatic carbocycles. The first kappa shape index (κ1) is 11.1. The second kappa shape index (κ2) is 4.25. The molecule has 0 amide bonds. The highest BCUT2D eigenvalue weighted by molar-refractivity contribution is 5.87. The van der Waals surface area contributed by atoms with E-state index in [1.807, 2.05) is 0 Å². The van der Waals surface area contributed by atoms with Crippen LogP contribution in [0.5, 0.6) is 0 Å². The second-order valence-corrected chi connectivity index (χ2v) is 5.64. The molecule has 2 rings (SSSR count). The van der Waals surface area contributed by atoms with E-state index in [1.165, 1.54) is 19.3 Å². The molecular formula is C13H23NO. The van der Waals surface area contributed by atoms with Crippen LogP contribution >= 0.6 is 0 Å². The first-order valence-electron chi connectivity index (χ1n) is 6.41. The van der Waals surface area contributed by atoms with E-state index in [1.54, 1.807) is 0 Å². The topological polar surface area (TPSA) is 29.1 Å². The molecule has 0 bridgehead atoms. The quantitative estimate of drug-likeness (QED) is 0.771. The predicted molar refractivity (Wildman–Crippen MR) is 61.8 cm³/mol. The lowest BCUT2D eigenvalue weighted by Gasteiger charge is -2.30. The predicted octanol–water partition coefficient (Wildman–Crippen LogP) is 2.52. The lowest BCUT2D eigenvalue weighted by atomic mass is 9.86. The van der Waals surface area contributed by atoms with E-state index < -0.39 is 0 Å². The summed E-state index contributed by atoms with van der Waals surface area (Å²) in [7, 11) is 0. The standard InChI is InChI=1S/C13H23NO/c1-3-10-4-7-14-11(8-10)9-12(15)13(2)5-6-13/h10-11,14H,3-9H2,1-2H3. The molecule has 2 unspecified atom stereocenters. The molecule has 0 aromatic rings. The van der Waals surface area contributed by atoms with Gasteiger partial charge in [0.25, 0.3) is 0 Å². The van der Waals surface area contributed by atoms with Crippen molar-refractivity contribution in [2.75, 3.05) is 6.54 Å². The van der Waals surface area contributed by atoms with Crippen LogP contribution in [0.1, 0.15) is 52.4 Å². The molecule has 1 aliphatic carbocycles. The molecule has 1 saturated heterocycles. The first-order chi connectivity index (χ1) is 7.14. The zero-order valence-corrected chi connectivity index (χ0v) is 10.0. The summed E-state index contributed by atoms with van der Waals surface area (Å²) in [6.07, 6.45) is 6.78. The van der Waals surface area contributed by atoms with Crippen molar-refractivity contribution < 1.29 is 4.79 Å². The molecule has 0 aromatic heterocycles. The number of rotatable bonds is 4. The van der Waals surface area contributed by atoms with Crippen molar-refractivity contribution in [1.82, 2.24) is 5.32 Å². The van der Waals surface area contributed by atoms with E-state index in [2.05, 4.69) is 19.2 Å². The van der Waals surface area contributed by atoms with Gasteiger partial charge in [0.05, 0.1) is 0 Å². The minimum atomic E-state index is 0.0703. The van der Waals surface area contributed by atoms with Crippen LogP contribution in [-0.2, 0) is 4.79 Å². The monoisotopic (exact) mass is 209 g/mol. The van der Waals surface area contributed by atoms with Gasteiger partial charge in [0.2, 0.25) is 0 Å². The van der Waals surface area contributed by atoms with Gasteiger partial charge in [0.1, 0.15) is 5.78 Å². The highest BCUT2D eigenvalue weighted by Crippen LogP contribution is 2.47. The highest BCUT2D eigenvalue weighted by atomic mass is 16.1. The Labute approximate surface area is 92.8 Å². The third-order valence-electron chi connectivity index (χ3n) is 4.29. The van der Waals surface area contributed by atoms with Crippen LogP contribution in [-0.4, -0.2) is 18.4 Å². The normalized spacial score (nSPS) is 33.7. The Balaban J connectivity index is 1.81. The van der Waals surface area contributed by atoms with Crippen LogP contribution in [0.3, 0.4) is 0 Å². The fourth-order valence-corrected chi connectivity index (χ4v) is 2.56. The SMILES string of the molecule is CCC1CCNC(CC(=O)C2(C)CC2)C1. The zero-order chi connectivity index (χ0) is 10.9. The van der Waals surface area contributed by atoms with Crippen LogP contribution in [0.4, 0.5) is 0 Å². The van der Waals surface area contributed by atoms with Gasteiger partial charge in [0.15, 0.2) is 0 Å². The molecular weight excluding hydrogens is 186 g/mol. The summed E-state index contributed by atoms with van der Waals surface area (Å²) in [4.78, 5) is 12.0. The Morgan fingerprint density at radius 2 is 2.20 bits per heavy atom. The molecule has 1 saturated carbocycles. The van der Waals surface area contributed by atoms with Crippen molar-refractivity contribution in [2.24, 2.45) is 11.3 Å². The maximum Gasteiger partial charge on any atom is 0.140 e. The Kier molecular flexibility index (Phi) is 3.15. The van der Waals surface area contributed by atoms with Gasteiger partial charge in [-0.3, -0.25) is 4.79 Å². The number of hydrogen-bond acceptors (Lipinski definition) is 2. The molecule has 15 heavy (non-hydrogen) atoms. The minimum Gasteiger partial charge on any atom is -0.314 e. The summed E-state index contributed by atoms with van der Waals surface area (Å²) in [6, 6.07) is 0.466. The second-order valence-electron chi connectivity index (χ2n) is 5.64. The number of nitrogens with one attached hydrogen (secondary N) is 1. The molecule has 2 atom stereocenters. The summed E-state index contributed by atoms with van der Waals surface area (Å²) in [5.74, 6) is 1.34. The number of piperidine rings is 1. The van der Waals surface area contributed by atoms with Crippen molar-refractivity contribution in [3.8, 4) is 0 Å². The maximum atomic E-state index is 12.0. The van der Waals surface area contributed by atoms with E-state index in [0.717, 1.165) is 31.7 Å². The third kappa shape index (κ3) is 2.60. The van der Waals surface area contributed by atoms with Gasteiger partial charge in [-0.15, -0.1) is 0 Å². The van der Waals surface area contributed by atoms with Crippen LogP contribution in [0, 0.1) is 11.3 Å². The molecule has 0 radical (unpaired) electrons. The smallest absolute Gasteiger partial charge is 0.140 e. The molecule has 1 N–H and O–H groups in total. The molecule has 0 spiro atoms. The molecule has 2 nitrogen and oxygen atoms in total. The van der Waals surface area contributed by atoms with Crippen molar-refractivity contribution in [3.05, 3.63) is 0 Å². The van der Waals surface area contributed by atoms with E-state index in [0.29, 0.717) is 11.8 Å². The molecule has 2 aliphatic rings. The fourth-order valence-electron chi connectivity index (χ4n) is 2.56. The van der Waals surface area contributed by atoms with Gasteiger partial charge >= 0.3 is 0 Å². The van der Waals surface area contributed by atoms with Crippen LogP contribution in [0.2, 0.25) is 0 Å². The molecule has 2 fully saturated rings. The minimum absolute atomic E-state index is 0.0703. The average molecular weight is 209 g/mol. The summed E-state index contributed by atoms with van der Waals surface area (Å²) in [6.45, 7) is 5.49. The number of hydrogen-bond donors (Lipinski definition) is 1. The van der Waals surface area contributed by atoms with Gasteiger partial charge in [-0.05, 0) is 38.1 Å². The van der Waals surface area contributed by atoms with E-state index in [-0.39, 0.29) is 5.41 Å². The van der Waals surface area contributed by atoms with Gasteiger partial charge < -0.3 is 5.32 Å². The highest BCUT2D eigenvalue weighted by Gasteiger charge is 2.44. The lowest BCUT2D eigenvalue weighted by molar-refractivity contribution is -0.124. The Morgan fingerprint density at radius 3 is 2.80 bits per heavy atom. The Morgan fingerprint density at radius 1 is 1.47 bits per heavy atom. The lowest BCUT2D eigenvalue weighted by Crippen LogP contribution is -2.40. The van der Waals surface area contributed by atoms with Gasteiger partial charge in [0, 0.05) is 17.9 Å². The first-order valence-corrected chi connectivity index (χ1v) is 6.41. The van der Waals surface area contributed by atoms with Crippen molar-refractivity contribution in [3.63, 3.8) is 0 Å². The Hall–Kier alpha value is -0.370. The van der Waals surface area contributed by atoms with Crippen LogP contribution in [0.25, 0.3) is 0 Å². The van der Waals surface area contributed by atoms with Gasteiger partial charge in [-0.2, -0.15) is 0 Å². The van der Waals surface area contributed by atoms with Gasteiger partial charge in [-0.1, -0.05) is 20.3 Å². The molecule has 86 valence electrons. The zero-order valence-electron chi connectivity index (χ0n) is 10.0. The molecule has 1 aliphatic heterocycles. The summed E-state index contributed by atoms with van der Waals surface area (Å²) < 4.78 is 0. The summed E-state index contributed by atoms with van der Waals surface area (Å²) >= 11 is 0. The Bertz CT molecular complexity index is 245. The fraction of sp³-hybridized carbons (Fsp3) is 0.923. The average Bonchev–Trinajstić information content (AvgIpc) is 2.98. The third-order valence-corrected chi connectivity index (χ3v) is 4.29. The molecule has 2 heteroatoms. The van der Waals surface area contributed by atoms with Crippen molar-refractivity contribution >= 4 is 5.78 Å². The van der Waals surface area contributed by atoms with E-state index >= 15 is 0 Å². The number of Topliss-reactive ketones (excluding diaryl/α,β-unsaturated/α-hetero) is 1. The van der Waals surface area contributed by atoms with Crippen LogP contribution in [0.15, 0.2) is 0 Å². The summed E-state index contributed by atoms with van der Waals surface area (Å²) in [5, 5.41) is 3.49. The molecule has 1 heterocycles. The number of carbonyl (C=O) groups is 1. The number of ketones is 1. The van der Waals surface area contributed by atoms with Gasteiger partial charge in [-0.25, -0.2) is 0 Å². The summed E-state index contributed by atoms with van der Waals surface area (Å²) in [5.41, 5.74) is 0.0703. The largest absolute Gasteiger partial charge is 0.314 e. The van der Waals surface area contributed by atoms with Crippen molar-refractivity contribution in [2.45, 2.75) is 58.4 Å².